The van der Waals surface area contributed by atoms with Crippen LogP contribution in [0, 0.1) is 0 Å². The first-order chi connectivity index (χ1) is 7.43. The molecule has 2 rings (SSSR count). The molecule has 0 bridgehead atoms. The SMILES string of the molecule is CC(C)(C)OC(=O)N1CC[C@]12CCCNC2. The number of amides is 1. The Bertz CT molecular complexity index is 277. The summed E-state index contributed by atoms with van der Waals surface area (Å²) in [4.78, 5) is 13.9. The number of nitrogens with zero attached hydrogens (tertiary/aromatic N) is 1. The van der Waals surface area contributed by atoms with Crippen molar-refractivity contribution in [1.82, 2.24) is 10.2 Å². The molecular formula is C12H22N2O2. The quantitative estimate of drug-likeness (QED) is 0.684. The lowest BCUT2D eigenvalue weighted by Gasteiger charge is -2.54. The van der Waals surface area contributed by atoms with Crippen LogP contribution in [0.2, 0.25) is 0 Å². The summed E-state index contributed by atoms with van der Waals surface area (Å²) in [6.07, 6.45) is 3.22. The van der Waals surface area contributed by atoms with Gasteiger partial charge >= 0.3 is 6.09 Å². The molecule has 4 nitrogen and oxygen atoms in total. The molecule has 2 heterocycles. The van der Waals surface area contributed by atoms with Gasteiger partial charge in [0.25, 0.3) is 0 Å². The van der Waals surface area contributed by atoms with Crippen molar-refractivity contribution in [2.24, 2.45) is 0 Å². The molecule has 2 saturated heterocycles. The van der Waals surface area contributed by atoms with E-state index in [1.165, 1.54) is 0 Å². The van der Waals surface area contributed by atoms with Gasteiger partial charge in [-0.1, -0.05) is 0 Å². The Morgan fingerprint density at radius 3 is 2.56 bits per heavy atom. The average Bonchev–Trinajstić information content (AvgIpc) is 2.14. The van der Waals surface area contributed by atoms with Gasteiger partial charge in [0.1, 0.15) is 5.60 Å². The topological polar surface area (TPSA) is 41.6 Å². The maximum atomic E-state index is 12.0. The minimum absolute atomic E-state index is 0.0561. The second kappa shape index (κ2) is 3.91. The van der Waals surface area contributed by atoms with Gasteiger partial charge in [-0.15, -0.1) is 0 Å². The summed E-state index contributed by atoms with van der Waals surface area (Å²) in [6.45, 7) is 8.58. The highest BCUT2D eigenvalue weighted by atomic mass is 16.6. The van der Waals surface area contributed by atoms with Crippen molar-refractivity contribution in [3.8, 4) is 0 Å². The molecule has 0 radical (unpaired) electrons. The van der Waals surface area contributed by atoms with E-state index in [4.69, 9.17) is 4.74 Å². The number of hydrogen-bond donors (Lipinski definition) is 1. The number of nitrogens with one attached hydrogen (secondary N) is 1. The fraction of sp³-hybridized carbons (Fsp3) is 0.917. The van der Waals surface area contributed by atoms with Crippen molar-refractivity contribution in [1.29, 1.82) is 0 Å². The smallest absolute Gasteiger partial charge is 0.410 e. The summed E-state index contributed by atoms with van der Waals surface area (Å²) in [7, 11) is 0. The van der Waals surface area contributed by atoms with Crippen molar-refractivity contribution >= 4 is 6.09 Å². The molecule has 2 fully saturated rings. The molecule has 0 aromatic rings. The molecular weight excluding hydrogens is 204 g/mol. The zero-order valence-corrected chi connectivity index (χ0v) is 10.5. The van der Waals surface area contributed by atoms with Crippen LogP contribution in [0.15, 0.2) is 0 Å². The van der Waals surface area contributed by atoms with E-state index in [-0.39, 0.29) is 11.6 Å². The van der Waals surface area contributed by atoms with Gasteiger partial charge in [0, 0.05) is 13.1 Å². The van der Waals surface area contributed by atoms with E-state index in [2.05, 4.69) is 5.32 Å². The fourth-order valence-corrected chi connectivity index (χ4v) is 2.54. The largest absolute Gasteiger partial charge is 0.444 e. The minimum atomic E-state index is -0.393. The van der Waals surface area contributed by atoms with Crippen LogP contribution >= 0.6 is 0 Å². The van der Waals surface area contributed by atoms with E-state index in [1.807, 2.05) is 25.7 Å². The molecule has 0 aromatic carbocycles. The summed E-state index contributed by atoms with van der Waals surface area (Å²) in [6, 6.07) is 0. The minimum Gasteiger partial charge on any atom is -0.444 e. The number of rotatable bonds is 0. The lowest BCUT2D eigenvalue weighted by molar-refractivity contribution is -0.0533. The van der Waals surface area contributed by atoms with Crippen molar-refractivity contribution < 1.29 is 9.53 Å². The van der Waals surface area contributed by atoms with Crippen molar-refractivity contribution in [3.63, 3.8) is 0 Å². The van der Waals surface area contributed by atoms with Crippen LogP contribution in [0.3, 0.4) is 0 Å². The number of likely N-dealkylation sites (tertiary alicyclic amines) is 1. The first-order valence-corrected chi connectivity index (χ1v) is 6.14. The molecule has 0 saturated carbocycles. The van der Waals surface area contributed by atoms with Crippen LogP contribution in [0.5, 0.6) is 0 Å². The molecule has 1 spiro atoms. The molecule has 0 aromatic heterocycles. The summed E-state index contributed by atoms with van der Waals surface area (Å²) in [5, 5.41) is 3.38. The lowest BCUT2D eigenvalue weighted by atomic mass is 9.79. The third-order valence-corrected chi connectivity index (χ3v) is 3.44. The van der Waals surface area contributed by atoms with Crippen LogP contribution in [0.4, 0.5) is 4.79 Å². The van der Waals surface area contributed by atoms with Gasteiger partial charge in [-0.25, -0.2) is 4.79 Å². The third kappa shape index (κ3) is 2.17. The molecule has 2 aliphatic heterocycles. The Morgan fingerprint density at radius 2 is 2.12 bits per heavy atom. The number of carbonyl (C=O) groups is 1. The molecule has 1 N–H and O–H groups in total. The highest BCUT2D eigenvalue weighted by molar-refractivity contribution is 5.70. The van der Waals surface area contributed by atoms with E-state index in [0.717, 1.165) is 38.9 Å². The number of ether oxygens (including phenoxy) is 1. The first-order valence-electron chi connectivity index (χ1n) is 6.14. The van der Waals surface area contributed by atoms with E-state index in [0.29, 0.717) is 0 Å². The number of hydrogen-bond acceptors (Lipinski definition) is 3. The second-order valence-electron chi connectivity index (χ2n) is 5.89. The van der Waals surface area contributed by atoms with Crippen molar-refractivity contribution in [3.05, 3.63) is 0 Å². The van der Waals surface area contributed by atoms with Crippen LogP contribution in [-0.4, -0.2) is 41.8 Å². The van der Waals surface area contributed by atoms with E-state index >= 15 is 0 Å². The van der Waals surface area contributed by atoms with Gasteiger partial charge in [-0.3, -0.25) is 0 Å². The molecule has 1 amide bonds. The van der Waals surface area contributed by atoms with Gasteiger partial charge in [0.2, 0.25) is 0 Å². The second-order valence-corrected chi connectivity index (χ2v) is 5.89. The Hall–Kier alpha value is -0.770. The zero-order valence-electron chi connectivity index (χ0n) is 10.5. The Labute approximate surface area is 97.3 Å². The van der Waals surface area contributed by atoms with Crippen LogP contribution in [0.1, 0.15) is 40.0 Å². The molecule has 16 heavy (non-hydrogen) atoms. The summed E-state index contributed by atoms with van der Waals surface area (Å²) < 4.78 is 5.43. The summed E-state index contributed by atoms with van der Waals surface area (Å²) in [5.41, 5.74) is -0.337. The average molecular weight is 226 g/mol. The van der Waals surface area contributed by atoms with Crippen LogP contribution < -0.4 is 5.32 Å². The van der Waals surface area contributed by atoms with Crippen molar-refractivity contribution in [2.45, 2.75) is 51.2 Å². The van der Waals surface area contributed by atoms with Gasteiger partial charge in [0.15, 0.2) is 0 Å². The number of carbonyl (C=O) groups excluding carboxylic acids is 1. The van der Waals surface area contributed by atoms with Crippen LogP contribution in [-0.2, 0) is 4.74 Å². The van der Waals surface area contributed by atoms with Gasteiger partial charge in [0.05, 0.1) is 5.54 Å². The van der Waals surface area contributed by atoms with E-state index < -0.39 is 5.60 Å². The maximum Gasteiger partial charge on any atom is 0.410 e. The van der Waals surface area contributed by atoms with Crippen LogP contribution in [0.25, 0.3) is 0 Å². The highest BCUT2D eigenvalue weighted by Gasteiger charge is 2.49. The Balaban J connectivity index is 1.97. The first kappa shape index (κ1) is 11.7. The summed E-state index contributed by atoms with van der Waals surface area (Å²) in [5.74, 6) is 0. The predicted molar refractivity (Wildman–Crippen MR) is 62.4 cm³/mol. The Kier molecular flexibility index (Phi) is 2.86. The zero-order chi connectivity index (χ0) is 11.8. The normalized spacial score (nSPS) is 30.1. The molecule has 0 aliphatic carbocycles. The third-order valence-electron chi connectivity index (χ3n) is 3.44. The van der Waals surface area contributed by atoms with E-state index in [1.54, 1.807) is 0 Å². The molecule has 0 unspecified atom stereocenters. The van der Waals surface area contributed by atoms with Gasteiger partial charge < -0.3 is 15.0 Å². The van der Waals surface area contributed by atoms with Gasteiger partial charge in [-0.2, -0.15) is 0 Å². The Morgan fingerprint density at radius 1 is 1.38 bits per heavy atom. The van der Waals surface area contributed by atoms with Gasteiger partial charge in [-0.05, 0) is 46.6 Å². The lowest BCUT2D eigenvalue weighted by Crippen LogP contribution is -2.68. The maximum absolute atomic E-state index is 12.0. The molecule has 2 aliphatic rings. The number of piperidine rings is 1. The van der Waals surface area contributed by atoms with Crippen molar-refractivity contribution in [2.75, 3.05) is 19.6 Å². The molecule has 4 heteroatoms. The monoisotopic (exact) mass is 226 g/mol. The summed E-state index contributed by atoms with van der Waals surface area (Å²) >= 11 is 0. The molecule has 92 valence electrons. The highest BCUT2D eigenvalue weighted by Crippen LogP contribution is 2.37. The standard InChI is InChI=1S/C12H22N2O2/c1-11(2,3)16-10(15)14-8-6-12(14)5-4-7-13-9-12/h13H,4-9H2,1-3H3/t12-/m0/s1. The van der Waals surface area contributed by atoms with E-state index in [9.17, 15) is 4.79 Å². The predicted octanol–water partition coefficient (Wildman–Crippen LogP) is 1.75. The fourth-order valence-electron chi connectivity index (χ4n) is 2.54. The molecule has 1 atom stereocenters.